The molecule has 0 unspecified atom stereocenters. The third-order valence-electron chi connectivity index (χ3n) is 0.189. The zero-order valence-corrected chi connectivity index (χ0v) is 14.6. The Bertz CT molecular complexity index is 161. The van der Waals surface area contributed by atoms with E-state index in [0.29, 0.717) is 0 Å². The first-order chi connectivity index (χ1) is 4.36. The summed E-state index contributed by atoms with van der Waals surface area (Å²) < 4.78 is 58.1. The molecule has 0 aliphatic carbocycles. The average Bonchev–Trinajstić information content (AvgIpc) is 1.64. The fourth-order valence-electron chi connectivity index (χ4n) is 0. The third kappa shape index (κ3) is 22.6. The van der Waals surface area contributed by atoms with Crippen molar-refractivity contribution in [2.75, 3.05) is 0 Å². The Morgan fingerprint density at radius 1 is 1.17 bits per heavy atom. The molecular formula is CB2F3O3SU2-. The molecule has 0 spiro atoms. The van der Waals surface area contributed by atoms with Gasteiger partial charge in [-0.2, -0.15) is 13.2 Å². The van der Waals surface area contributed by atoms with Crippen molar-refractivity contribution < 1.29 is 88.5 Å². The standard InChI is InChI=1S/CF3O2S.B2O.2U/c2-1(3,4)7(5)6;1-2-3;;/q-1;;;. The van der Waals surface area contributed by atoms with Crippen LogP contribution in [0.1, 0.15) is 0 Å². The Morgan fingerprint density at radius 3 is 1.25 bits per heavy atom. The van der Waals surface area contributed by atoms with Crippen molar-refractivity contribution >= 4 is 25.5 Å². The van der Waals surface area contributed by atoms with E-state index in [-0.39, 0.29) is 69.3 Å². The largest absolute Gasteiger partial charge is 0 e. The van der Waals surface area contributed by atoms with Gasteiger partial charge in [-0.05, 0) is 0 Å². The van der Waals surface area contributed by atoms with Gasteiger partial charge >= 0.3 is 25.0 Å². The summed E-state index contributed by atoms with van der Waals surface area (Å²) in [5.41, 5.74) is -5.08. The summed E-state index contributed by atoms with van der Waals surface area (Å²) in [7, 11) is 0.484. The van der Waals surface area contributed by atoms with Crippen LogP contribution in [0.15, 0.2) is 0 Å². The Labute approximate surface area is 118 Å². The molecule has 3 nitrogen and oxygen atoms in total. The molecule has 0 atom stereocenters. The van der Waals surface area contributed by atoms with Crippen LogP contribution in [0.25, 0.3) is 0 Å². The summed E-state index contributed by atoms with van der Waals surface area (Å²) in [6.45, 7) is 0. The van der Waals surface area contributed by atoms with Gasteiger partial charge in [0.1, 0.15) is 0 Å². The van der Waals surface area contributed by atoms with Crippen molar-refractivity contribution in [3.8, 4) is 0 Å². The minimum atomic E-state index is -5.08. The van der Waals surface area contributed by atoms with Crippen molar-refractivity contribution in [2.45, 2.75) is 5.51 Å². The molecule has 0 aromatic carbocycles. The van der Waals surface area contributed by atoms with Crippen LogP contribution in [0.3, 0.4) is 0 Å². The second-order valence-corrected chi connectivity index (χ2v) is 1.75. The van der Waals surface area contributed by atoms with Gasteiger partial charge in [-0.25, -0.2) is 0 Å². The summed E-state index contributed by atoms with van der Waals surface area (Å²) in [6.07, 6.45) is 0. The monoisotopic (exact) mass is 647 g/mol. The minimum absolute atomic E-state index is 0. The van der Waals surface area contributed by atoms with Crippen molar-refractivity contribution in [3.63, 3.8) is 0 Å². The molecule has 2 radical (unpaired) electrons. The van der Waals surface area contributed by atoms with E-state index in [1.807, 2.05) is 0 Å². The molecule has 0 aromatic rings. The van der Waals surface area contributed by atoms with Gasteiger partial charge in [0.15, 0.2) is 0 Å². The normalized spacial score (nSPS) is 8.00. The maximum Gasteiger partial charge on any atom is 0 e. The predicted molar refractivity (Wildman–Crippen MR) is 27.0 cm³/mol. The molecule has 64 valence electrons. The van der Waals surface area contributed by atoms with Gasteiger partial charge in [0, 0.05) is 72.9 Å². The van der Waals surface area contributed by atoms with Crippen molar-refractivity contribution in [3.05, 3.63) is 0 Å². The van der Waals surface area contributed by atoms with E-state index in [2.05, 4.69) is 7.74 Å². The number of alkyl halides is 3. The van der Waals surface area contributed by atoms with Crippen LogP contribution < -0.4 is 0 Å². The molecule has 0 amide bonds. The third-order valence-corrected chi connectivity index (χ3v) is 0.567. The van der Waals surface area contributed by atoms with E-state index in [9.17, 15) is 13.2 Å². The first kappa shape index (κ1) is 23.5. The number of halogens is 3. The molecule has 12 heavy (non-hydrogen) atoms. The number of rotatable bonds is 0. The molecule has 0 heterocycles. The summed E-state index contributed by atoms with van der Waals surface area (Å²) in [6, 6.07) is 0. The summed E-state index contributed by atoms with van der Waals surface area (Å²) >= 11 is 0. The van der Waals surface area contributed by atoms with Crippen molar-refractivity contribution in [2.24, 2.45) is 0 Å². The van der Waals surface area contributed by atoms with E-state index >= 15 is 0 Å². The Kier molecular flexibility index (Phi) is 25.0. The first-order valence-corrected chi connectivity index (χ1v) is 2.75. The van der Waals surface area contributed by atoms with E-state index in [1.165, 1.54) is 0 Å². The molecule has 0 N–H and O–H groups in total. The van der Waals surface area contributed by atoms with Crippen molar-refractivity contribution in [1.82, 2.24) is 0 Å². The van der Waals surface area contributed by atoms with Crippen LogP contribution in [0.5, 0.6) is 0 Å². The second-order valence-electron chi connectivity index (χ2n) is 0.817. The Hall–Kier alpha value is 1.77. The second kappa shape index (κ2) is 12.8. The van der Waals surface area contributed by atoms with Crippen LogP contribution >= 0.6 is 0 Å². The summed E-state index contributed by atoms with van der Waals surface area (Å²) in [5.74, 6) is 0. The van der Waals surface area contributed by atoms with Crippen LogP contribution in [-0.2, 0) is 23.8 Å². The fraction of sp³-hybridized carbons (Fsp3) is 1.00. The Balaban J connectivity index is -0.0000000569. The van der Waals surface area contributed by atoms with Gasteiger partial charge in [-0.15, -0.1) is 0 Å². The van der Waals surface area contributed by atoms with E-state index < -0.39 is 16.2 Å². The molecule has 0 saturated carbocycles. The fourth-order valence-corrected chi connectivity index (χ4v) is 0. The Morgan fingerprint density at radius 2 is 1.25 bits per heavy atom. The smallest absolute Gasteiger partial charge is 0 e. The zero-order valence-electron chi connectivity index (χ0n) is 5.42. The molecular weight excluding hydrogens is 647 g/mol. The van der Waals surface area contributed by atoms with Crippen LogP contribution in [0, 0.1) is 62.2 Å². The van der Waals surface area contributed by atoms with Crippen LogP contribution in [-0.4, -0.2) is 20.3 Å². The van der Waals surface area contributed by atoms with Gasteiger partial charge in [-0.3, -0.25) is 0 Å². The maximum atomic E-state index is 10.6. The molecule has 0 bridgehead atoms. The van der Waals surface area contributed by atoms with Crippen LogP contribution in [0.2, 0.25) is 0 Å². The molecule has 0 aromatic heterocycles. The maximum absolute atomic E-state index is 10.6. The quantitative estimate of drug-likeness (QED) is 0.274. The average molecular weight is 647 g/mol. The molecule has 0 rings (SSSR count). The van der Waals surface area contributed by atoms with Gasteiger partial charge in [0.05, 0.1) is 0 Å². The summed E-state index contributed by atoms with van der Waals surface area (Å²) in [5, 5.41) is 0. The van der Waals surface area contributed by atoms with Gasteiger partial charge in [0.2, 0.25) is 0 Å². The van der Waals surface area contributed by atoms with Crippen LogP contribution in [0.4, 0.5) is 13.2 Å². The summed E-state index contributed by atoms with van der Waals surface area (Å²) in [4.78, 5) is 0. The molecule has 0 aliphatic heterocycles. The SMILES string of the molecule is O=[S-](=O)C(F)(F)F.[B]B=O.[U].[U]. The molecule has 11 heteroatoms. The predicted octanol–water partition coefficient (Wildman–Crippen LogP) is -0.0649. The topological polar surface area (TPSA) is 51.2 Å². The van der Waals surface area contributed by atoms with Gasteiger partial charge in [0.25, 0.3) is 0 Å². The minimum Gasteiger partial charge on any atom is 0 e. The van der Waals surface area contributed by atoms with E-state index in [4.69, 9.17) is 13.1 Å². The van der Waals surface area contributed by atoms with Gasteiger partial charge in [-0.1, -0.05) is 0 Å². The van der Waals surface area contributed by atoms with E-state index in [1.54, 1.807) is 0 Å². The van der Waals surface area contributed by atoms with E-state index in [0.717, 1.165) is 0 Å². The van der Waals surface area contributed by atoms with Crippen molar-refractivity contribution in [1.29, 1.82) is 0 Å². The first-order valence-electron chi connectivity index (χ1n) is 1.67. The number of hydrogen-bond acceptors (Lipinski definition) is 4. The molecule has 0 fully saturated rings. The molecule has 0 saturated heterocycles. The zero-order chi connectivity index (χ0) is 8.78. The molecule has 0 aliphatic rings. The number of hydrogen-bond donors (Lipinski definition) is 0. The van der Waals surface area contributed by atoms with Gasteiger partial charge < -0.3 is 8.42 Å².